The van der Waals surface area contributed by atoms with Crippen LogP contribution in [-0.4, -0.2) is 19.0 Å². The maximum absolute atomic E-state index is 12.8. The second-order valence-corrected chi connectivity index (χ2v) is 4.25. The molecule has 1 rings (SSSR count). The van der Waals surface area contributed by atoms with E-state index in [2.05, 4.69) is 26.6 Å². The first-order valence-corrected chi connectivity index (χ1v) is 5.78. The summed E-state index contributed by atoms with van der Waals surface area (Å²) in [6.45, 7) is 3.40. The Balaban J connectivity index is 2.29. The number of carbonyl (C=O) groups is 1. The Labute approximate surface area is 103 Å². The molecule has 0 aliphatic rings. The minimum absolute atomic E-state index is 0.0373. The van der Waals surface area contributed by atoms with Gasteiger partial charge in [-0.05, 0) is 17.7 Å². The van der Waals surface area contributed by atoms with Gasteiger partial charge in [-0.15, -0.1) is 0 Å². The molecule has 0 aliphatic heterocycles. The van der Waals surface area contributed by atoms with Gasteiger partial charge in [-0.3, -0.25) is 4.79 Å². The third kappa shape index (κ3) is 4.72. The molecule has 2 N–H and O–H groups in total. The molecule has 0 aliphatic carbocycles. The van der Waals surface area contributed by atoms with E-state index in [0.717, 1.165) is 10.0 Å². The SMILES string of the molecule is CC(=O)NCCNCc1ccc(F)cc1Br. The molecule has 5 heteroatoms. The van der Waals surface area contributed by atoms with Crippen LogP contribution < -0.4 is 10.6 Å². The summed E-state index contributed by atoms with van der Waals surface area (Å²) in [5.74, 6) is -0.293. The van der Waals surface area contributed by atoms with Crippen LogP contribution in [0.4, 0.5) is 4.39 Å². The zero-order valence-corrected chi connectivity index (χ0v) is 10.6. The second kappa shape index (κ2) is 6.60. The number of carbonyl (C=O) groups excluding carboxylic acids is 1. The fourth-order valence-corrected chi connectivity index (χ4v) is 1.71. The maximum Gasteiger partial charge on any atom is 0.216 e. The Bertz CT molecular complexity index is 371. The van der Waals surface area contributed by atoms with Crippen LogP contribution in [0.3, 0.4) is 0 Å². The highest BCUT2D eigenvalue weighted by Crippen LogP contribution is 2.17. The van der Waals surface area contributed by atoms with Crippen molar-refractivity contribution in [3.05, 3.63) is 34.1 Å². The molecule has 1 aromatic carbocycles. The predicted molar refractivity (Wildman–Crippen MR) is 64.5 cm³/mol. The standard InChI is InChI=1S/C11H14BrFN2O/c1-8(16)15-5-4-14-7-9-2-3-10(13)6-11(9)12/h2-3,6,14H,4-5,7H2,1H3,(H,15,16). The Morgan fingerprint density at radius 1 is 1.44 bits per heavy atom. The fraction of sp³-hybridized carbons (Fsp3) is 0.364. The van der Waals surface area contributed by atoms with E-state index < -0.39 is 0 Å². The number of hydrogen-bond acceptors (Lipinski definition) is 2. The third-order valence-corrected chi connectivity index (χ3v) is 2.74. The quantitative estimate of drug-likeness (QED) is 0.812. The van der Waals surface area contributed by atoms with Crippen molar-refractivity contribution in [3.8, 4) is 0 Å². The van der Waals surface area contributed by atoms with Gasteiger partial charge in [0.05, 0.1) is 0 Å². The maximum atomic E-state index is 12.8. The molecule has 0 atom stereocenters. The van der Waals surface area contributed by atoms with Gasteiger partial charge in [0.15, 0.2) is 0 Å². The smallest absolute Gasteiger partial charge is 0.216 e. The van der Waals surface area contributed by atoms with Crippen LogP contribution in [0.1, 0.15) is 12.5 Å². The van der Waals surface area contributed by atoms with E-state index in [0.29, 0.717) is 19.6 Å². The van der Waals surface area contributed by atoms with Crippen LogP contribution in [0.25, 0.3) is 0 Å². The van der Waals surface area contributed by atoms with Crippen LogP contribution in [0.15, 0.2) is 22.7 Å². The van der Waals surface area contributed by atoms with E-state index in [1.54, 1.807) is 6.07 Å². The summed E-state index contributed by atoms with van der Waals surface area (Å²) in [7, 11) is 0. The van der Waals surface area contributed by atoms with Gasteiger partial charge in [-0.1, -0.05) is 22.0 Å². The summed E-state index contributed by atoms with van der Waals surface area (Å²) >= 11 is 3.29. The molecule has 0 unspecified atom stereocenters. The summed E-state index contributed by atoms with van der Waals surface area (Å²) in [4.78, 5) is 10.6. The van der Waals surface area contributed by atoms with Crippen LogP contribution in [0, 0.1) is 5.82 Å². The lowest BCUT2D eigenvalue weighted by atomic mass is 10.2. The number of amides is 1. The number of halogens is 2. The van der Waals surface area contributed by atoms with Crippen molar-refractivity contribution < 1.29 is 9.18 Å². The summed E-state index contributed by atoms with van der Waals surface area (Å²) < 4.78 is 13.5. The van der Waals surface area contributed by atoms with Crippen LogP contribution in [-0.2, 0) is 11.3 Å². The molecule has 0 saturated heterocycles. The highest BCUT2D eigenvalue weighted by molar-refractivity contribution is 9.10. The van der Waals surface area contributed by atoms with Crippen molar-refractivity contribution in [2.24, 2.45) is 0 Å². The van der Waals surface area contributed by atoms with E-state index in [1.807, 2.05) is 0 Å². The zero-order valence-electron chi connectivity index (χ0n) is 9.02. The van der Waals surface area contributed by atoms with Gasteiger partial charge < -0.3 is 10.6 Å². The molecule has 88 valence electrons. The van der Waals surface area contributed by atoms with E-state index in [1.165, 1.54) is 19.1 Å². The topological polar surface area (TPSA) is 41.1 Å². The Hall–Kier alpha value is -0.940. The third-order valence-electron chi connectivity index (χ3n) is 2.01. The van der Waals surface area contributed by atoms with Gasteiger partial charge in [0.2, 0.25) is 5.91 Å². The number of rotatable bonds is 5. The second-order valence-electron chi connectivity index (χ2n) is 3.40. The van der Waals surface area contributed by atoms with Crippen molar-refractivity contribution in [2.45, 2.75) is 13.5 Å². The Kier molecular flexibility index (Phi) is 5.42. The minimum Gasteiger partial charge on any atom is -0.355 e. The lowest BCUT2D eigenvalue weighted by Crippen LogP contribution is -2.29. The largest absolute Gasteiger partial charge is 0.355 e. The Morgan fingerprint density at radius 3 is 2.81 bits per heavy atom. The molecular weight excluding hydrogens is 275 g/mol. The number of benzene rings is 1. The first-order chi connectivity index (χ1) is 7.59. The average Bonchev–Trinajstić information content (AvgIpc) is 2.20. The highest BCUT2D eigenvalue weighted by atomic mass is 79.9. The summed E-state index contributed by atoms with van der Waals surface area (Å²) in [6.07, 6.45) is 0. The zero-order chi connectivity index (χ0) is 12.0. The van der Waals surface area contributed by atoms with Crippen molar-refractivity contribution in [3.63, 3.8) is 0 Å². The highest BCUT2D eigenvalue weighted by Gasteiger charge is 2.00. The molecule has 0 saturated carbocycles. The predicted octanol–water partition coefficient (Wildman–Crippen LogP) is 1.81. The Morgan fingerprint density at radius 2 is 2.19 bits per heavy atom. The minimum atomic E-state index is -0.256. The van der Waals surface area contributed by atoms with E-state index in [4.69, 9.17) is 0 Å². The molecule has 3 nitrogen and oxygen atoms in total. The summed E-state index contributed by atoms with van der Waals surface area (Å²) in [5, 5.41) is 5.83. The molecule has 0 radical (unpaired) electrons. The molecule has 0 heterocycles. The first-order valence-electron chi connectivity index (χ1n) is 4.98. The van der Waals surface area contributed by atoms with E-state index in [-0.39, 0.29) is 11.7 Å². The fourth-order valence-electron chi connectivity index (χ4n) is 1.22. The molecule has 0 bridgehead atoms. The molecule has 1 amide bonds. The molecule has 1 aromatic rings. The lowest BCUT2D eigenvalue weighted by molar-refractivity contribution is -0.118. The van der Waals surface area contributed by atoms with Gasteiger partial charge in [0.25, 0.3) is 0 Å². The van der Waals surface area contributed by atoms with Crippen molar-refractivity contribution in [2.75, 3.05) is 13.1 Å². The van der Waals surface area contributed by atoms with Crippen LogP contribution >= 0.6 is 15.9 Å². The average molecular weight is 289 g/mol. The lowest BCUT2D eigenvalue weighted by Gasteiger charge is -2.07. The molecule has 0 aromatic heterocycles. The monoisotopic (exact) mass is 288 g/mol. The van der Waals surface area contributed by atoms with Crippen LogP contribution in [0.2, 0.25) is 0 Å². The van der Waals surface area contributed by atoms with Crippen molar-refractivity contribution >= 4 is 21.8 Å². The van der Waals surface area contributed by atoms with E-state index >= 15 is 0 Å². The van der Waals surface area contributed by atoms with Gasteiger partial charge in [-0.25, -0.2) is 4.39 Å². The van der Waals surface area contributed by atoms with Crippen molar-refractivity contribution in [1.29, 1.82) is 0 Å². The normalized spacial score (nSPS) is 10.2. The first kappa shape index (κ1) is 13.1. The van der Waals surface area contributed by atoms with Crippen LogP contribution in [0.5, 0.6) is 0 Å². The van der Waals surface area contributed by atoms with Gasteiger partial charge >= 0.3 is 0 Å². The number of hydrogen-bond donors (Lipinski definition) is 2. The molecule has 16 heavy (non-hydrogen) atoms. The van der Waals surface area contributed by atoms with Gasteiger partial charge in [0, 0.05) is 31.0 Å². The summed E-state index contributed by atoms with van der Waals surface area (Å²) in [6, 6.07) is 4.59. The molecule has 0 fully saturated rings. The van der Waals surface area contributed by atoms with Gasteiger partial charge in [-0.2, -0.15) is 0 Å². The van der Waals surface area contributed by atoms with Gasteiger partial charge in [0.1, 0.15) is 5.82 Å². The molecular formula is C11H14BrFN2O. The number of nitrogens with one attached hydrogen (secondary N) is 2. The van der Waals surface area contributed by atoms with E-state index in [9.17, 15) is 9.18 Å². The molecule has 0 spiro atoms. The summed E-state index contributed by atoms with van der Waals surface area (Å²) in [5.41, 5.74) is 0.990. The van der Waals surface area contributed by atoms with Crippen molar-refractivity contribution in [1.82, 2.24) is 10.6 Å².